The normalized spacial score (nSPS) is 13.3. The minimum Gasteiger partial charge on any atom is -0.497 e. The predicted molar refractivity (Wildman–Crippen MR) is 133 cm³/mol. The first-order chi connectivity index (χ1) is 16.7. The summed E-state index contributed by atoms with van der Waals surface area (Å²) in [5, 5.41) is 5.13. The van der Waals surface area contributed by atoms with Crippen LogP contribution in [0, 0.1) is 12.7 Å². The summed E-state index contributed by atoms with van der Waals surface area (Å²) < 4.78 is 18.5. The van der Waals surface area contributed by atoms with Gasteiger partial charge in [0.25, 0.3) is 17.7 Å². The molecule has 0 aromatic heterocycles. The number of nitrogens with one attached hydrogen (secondary N) is 2. The maximum absolute atomic E-state index is 13.4. The zero-order valence-electron chi connectivity index (χ0n) is 18.5. The van der Waals surface area contributed by atoms with Crippen molar-refractivity contribution >= 4 is 58.0 Å². The Hall–Kier alpha value is -3.88. The third-order valence-corrected chi connectivity index (χ3v) is 5.94. The third kappa shape index (κ3) is 4.84. The summed E-state index contributed by atoms with van der Waals surface area (Å²) in [4.78, 5) is 39.5. The van der Waals surface area contributed by atoms with Gasteiger partial charge in [-0.25, -0.2) is 9.29 Å². The number of halogens is 3. The van der Waals surface area contributed by atoms with Crippen molar-refractivity contribution in [2.75, 3.05) is 22.6 Å². The lowest BCUT2D eigenvalue weighted by Gasteiger charge is -2.16. The van der Waals surface area contributed by atoms with Gasteiger partial charge in [-0.1, -0.05) is 29.3 Å². The monoisotopic (exact) mass is 513 g/mol. The smallest absolute Gasteiger partial charge is 0.283 e. The SMILES string of the molecule is COc1ccc(N2C(=O)C(Cl)=C(Nc3cc(C(=O)Nc4ccc(F)c(Cl)c4)ccc3C)C2=O)cc1. The fourth-order valence-electron chi connectivity index (χ4n) is 3.39. The van der Waals surface area contributed by atoms with Crippen LogP contribution < -0.4 is 20.3 Å². The molecule has 1 aliphatic heterocycles. The van der Waals surface area contributed by atoms with E-state index >= 15 is 0 Å². The Kier molecular flexibility index (Phi) is 6.77. The molecule has 3 aromatic carbocycles. The van der Waals surface area contributed by atoms with Gasteiger partial charge in [-0.15, -0.1) is 0 Å². The number of imide groups is 1. The van der Waals surface area contributed by atoms with E-state index in [0.29, 0.717) is 28.4 Å². The standard InChI is InChI=1S/C25H18Cl2FN3O4/c1-13-3-4-14(23(32)29-15-5-10-19(28)18(26)12-15)11-20(13)30-22-21(27)24(33)31(25(22)34)16-6-8-17(35-2)9-7-16/h3-12,30H,1-2H3,(H,29,32). The molecule has 2 N–H and O–H groups in total. The second-order valence-electron chi connectivity index (χ2n) is 7.57. The number of ether oxygens (including phenoxy) is 1. The fraction of sp³-hybridized carbons (Fsp3) is 0.0800. The van der Waals surface area contributed by atoms with Gasteiger partial charge >= 0.3 is 0 Å². The zero-order chi connectivity index (χ0) is 25.3. The van der Waals surface area contributed by atoms with Gasteiger partial charge in [0.05, 0.1) is 17.8 Å². The van der Waals surface area contributed by atoms with Crippen LogP contribution in [0.4, 0.5) is 21.5 Å². The van der Waals surface area contributed by atoms with Crippen LogP contribution in [0.2, 0.25) is 5.02 Å². The number of anilines is 3. The quantitative estimate of drug-likeness (QED) is 0.426. The molecule has 1 aliphatic rings. The Morgan fingerprint density at radius 3 is 2.34 bits per heavy atom. The van der Waals surface area contributed by atoms with E-state index in [0.717, 1.165) is 11.0 Å². The van der Waals surface area contributed by atoms with Gasteiger partial charge in [0.2, 0.25) is 0 Å². The van der Waals surface area contributed by atoms with Gasteiger partial charge in [0.1, 0.15) is 22.3 Å². The Morgan fingerprint density at radius 2 is 1.69 bits per heavy atom. The Labute approximate surface area is 210 Å². The number of aryl methyl sites for hydroxylation is 1. The van der Waals surface area contributed by atoms with Crippen molar-refractivity contribution in [2.45, 2.75) is 6.92 Å². The fourth-order valence-corrected chi connectivity index (χ4v) is 3.78. The van der Waals surface area contributed by atoms with Crippen molar-refractivity contribution in [3.8, 4) is 5.75 Å². The van der Waals surface area contributed by atoms with Crippen molar-refractivity contribution in [3.63, 3.8) is 0 Å². The molecule has 0 saturated heterocycles. The van der Waals surface area contributed by atoms with Crippen molar-refractivity contribution in [1.29, 1.82) is 0 Å². The molecule has 10 heteroatoms. The maximum atomic E-state index is 13.4. The molecule has 4 rings (SSSR count). The highest BCUT2D eigenvalue weighted by Crippen LogP contribution is 2.32. The van der Waals surface area contributed by atoms with E-state index in [9.17, 15) is 18.8 Å². The number of amides is 3. The highest BCUT2D eigenvalue weighted by molar-refractivity contribution is 6.53. The van der Waals surface area contributed by atoms with Crippen LogP contribution in [-0.4, -0.2) is 24.8 Å². The van der Waals surface area contributed by atoms with E-state index in [1.165, 1.54) is 25.3 Å². The first kappa shape index (κ1) is 24.3. The molecule has 0 radical (unpaired) electrons. The van der Waals surface area contributed by atoms with Crippen LogP contribution in [0.1, 0.15) is 15.9 Å². The summed E-state index contributed by atoms with van der Waals surface area (Å²) in [5.41, 5.74) is 1.89. The number of carbonyl (C=O) groups is 3. The van der Waals surface area contributed by atoms with Gasteiger partial charge in [-0.05, 0) is 67.1 Å². The molecule has 0 saturated carbocycles. The second kappa shape index (κ2) is 9.77. The molecular formula is C25H18Cl2FN3O4. The highest BCUT2D eigenvalue weighted by Gasteiger charge is 2.39. The number of carbonyl (C=O) groups excluding carboxylic acids is 3. The molecule has 0 spiro atoms. The van der Waals surface area contributed by atoms with Gasteiger partial charge in [-0.3, -0.25) is 14.4 Å². The maximum Gasteiger partial charge on any atom is 0.283 e. The number of hydrogen-bond donors (Lipinski definition) is 2. The van der Waals surface area contributed by atoms with Gasteiger partial charge in [0, 0.05) is 16.9 Å². The molecule has 178 valence electrons. The van der Waals surface area contributed by atoms with E-state index in [2.05, 4.69) is 10.6 Å². The lowest BCUT2D eigenvalue weighted by atomic mass is 10.1. The number of rotatable bonds is 6. The Balaban J connectivity index is 1.57. The minimum atomic E-state index is -0.677. The molecule has 0 bridgehead atoms. The van der Waals surface area contributed by atoms with Crippen LogP contribution >= 0.6 is 23.2 Å². The summed E-state index contributed by atoms with van der Waals surface area (Å²) >= 11 is 12.0. The molecule has 35 heavy (non-hydrogen) atoms. The summed E-state index contributed by atoms with van der Waals surface area (Å²) in [6.45, 7) is 1.76. The van der Waals surface area contributed by atoms with Crippen LogP contribution in [-0.2, 0) is 9.59 Å². The van der Waals surface area contributed by atoms with E-state index in [1.807, 2.05) is 0 Å². The summed E-state index contributed by atoms with van der Waals surface area (Å²) in [5.74, 6) is -1.83. The molecule has 0 aliphatic carbocycles. The highest BCUT2D eigenvalue weighted by atomic mass is 35.5. The number of benzene rings is 3. The van der Waals surface area contributed by atoms with E-state index in [4.69, 9.17) is 27.9 Å². The third-order valence-electron chi connectivity index (χ3n) is 5.29. The summed E-state index contributed by atoms with van der Waals surface area (Å²) in [7, 11) is 1.51. The molecule has 0 atom stereocenters. The lowest BCUT2D eigenvalue weighted by Crippen LogP contribution is -2.32. The van der Waals surface area contributed by atoms with E-state index < -0.39 is 23.5 Å². The van der Waals surface area contributed by atoms with Crippen LogP contribution in [0.15, 0.2) is 71.4 Å². The van der Waals surface area contributed by atoms with Gasteiger partial charge < -0.3 is 15.4 Å². The molecule has 7 nitrogen and oxygen atoms in total. The first-order valence-corrected chi connectivity index (χ1v) is 11.0. The van der Waals surface area contributed by atoms with Gasteiger partial charge in [0.15, 0.2) is 0 Å². The van der Waals surface area contributed by atoms with Crippen LogP contribution in [0.25, 0.3) is 0 Å². The predicted octanol–water partition coefficient (Wildman–Crippen LogP) is 5.48. The second-order valence-corrected chi connectivity index (χ2v) is 8.36. The first-order valence-electron chi connectivity index (χ1n) is 10.3. The molecule has 0 fully saturated rings. The number of hydrogen-bond acceptors (Lipinski definition) is 5. The number of methoxy groups -OCH3 is 1. The van der Waals surface area contributed by atoms with Crippen molar-refractivity contribution in [3.05, 3.63) is 93.4 Å². The number of nitrogens with zero attached hydrogens (tertiary/aromatic N) is 1. The molecule has 1 heterocycles. The molecule has 0 unspecified atom stereocenters. The minimum absolute atomic E-state index is 0.113. The van der Waals surface area contributed by atoms with Crippen molar-refractivity contribution in [2.24, 2.45) is 0 Å². The topological polar surface area (TPSA) is 87.7 Å². The van der Waals surface area contributed by atoms with E-state index in [1.54, 1.807) is 43.3 Å². The Morgan fingerprint density at radius 1 is 0.971 bits per heavy atom. The van der Waals surface area contributed by atoms with E-state index in [-0.39, 0.29) is 21.3 Å². The Bertz CT molecular complexity index is 1390. The van der Waals surface area contributed by atoms with Crippen molar-refractivity contribution < 1.29 is 23.5 Å². The average Bonchev–Trinajstić information content (AvgIpc) is 3.05. The summed E-state index contributed by atoms with van der Waals surface area (Å²) in [6.07, 6.45) is 0. The zero-order valence-corrected chi connectivity index (χ0v) is 20.0. The molecular weight excluding hydrogens is 496 g/mol. The average molecular weight is 514 g/mol. The largest absolute Gasteiger partial charge is 0.497 e. The molecule has 3 amide bonds. The van der Waals surface area contributed by atoms with Crippen LogP contribution in [0.3, 0.4) is 0 Å². The van der Waals surface area contributed by atoms with Crippen LogP contribution in [0.5, 0.6) is 5.75 Å². The van der Waals surface area contributed by atoms with Gasteiger partial charge in [-0.2, -0.15) is 0 Å². The lowest BCUT2D eigenvalue weighted by molar-refractivity contribution is -0.120. The molecule has 3 aromatic rings. The summed E-state index contributed by atoms with van der Waals surface area (Å²) in [6, 6.07) is 15.0. The van der Waals surface area contributed by atoms with Crippen molar-refractivity contribution in [1.82, 2.24) is 0 Å².